The van der Waals surface area contributed by atoms with Gasteiger partial charge in [0.15, 0.2) is 0 Å². The quantitative estimate of drug-likeness (QED) is 0.0208. The molecule has 0 aromatic carbocycles. The molecule has 4 atom stereocenters. The zero-order valence-corrected chi connectivity index (χ0v) is 40.0. The number of unbranched alkanes of at least 4 members (excludes halogenated alkanes) is 24. The monoisotopic (exact) mass is 856 g/mol. The number of phosphoric acid groups is 1. The molecule has 4 unspecified atom stereocenters. The van der Waals surface area contributed by atoms with Crippen LogP contribution in [-0.4, -0.2) is 84.6 Å². The van der Waals surface area contributed by atoms with Gasteiger partial charge in [0.05, 0.1) is 39.9 Å². The Hall–Kier alpha value is -1.32. The number of phosphoric ester groups is 1. The molecule has 0 fully saturated rings. The lowest BCUT2D eigenvalue weighted by Gasteiger charge is -2.28. The van der Waals surface area contributed by atoms with Crippen LogP contribution in [0.1, 0.15) is 213 Å². The van der Waals surface area contributed by atoms with Crippen molar-refractivity contribution >= 4 is 13.7 Å². The van der Waals surface area contributed by atoms with E-state index in [1.54, 1.807) is 0 Å². The van der Waals surface area contributed by atoms with Gasteiger partial charge in [-0.25, -0.2) is 4.57 Å². The average Bonchev–Trinajstić information content (AvgIpc) is 3.19. The second-order valence-electron chi connectivity index (χ2n) is 18.0. The van der Waals surface area contributed by atoms with Crippen molar-refractivity contribution in [3.63, 3.8) is 0 Å². The molecule has 0 aliphatic heterocycles. The Balaban J connectivity index is 4.38. The highest BCUT2D eigenvalue weighted by atomic mass is 31.2. The van der Waals surface area contributed by atoms with Crippen LogP contribution in [0.4, 0.5) is 0 Å². The van der Waals surface area contributed by atoms with E-state index in [0.717, 1.165) is 64.2 Å². The number of likely N-dealkylation sites (N-methyl/N-ethyl adjacent to an activating group) is 1. The van der Waals surface area contributed by atoms with E-state index < -0.39 is 32.7 Å². The molecule has 0 bridgehead atoms. The van der Waals surface area contributed by atoms with Crippen LogP contribution in [0.25, 0.3) is 0 Å². The number of carbonyl (C=O) groups excluding carboxylic acids is 1. The van der Waals surface area contributed by atoms with Crippen LogP contribution in [-0.2, 0) is 18.4 Å². The summed E-state index contributed by atoms with van der Waals surface area (Å²) in [5.41, 5.74) is 0. The second-order valence-corrected chi connectivity index (χ2v) is 19.4. The Morgan fingerprint density at radius 1 is 0.593 bits per heavy atom. The van der Waals surface area contributed by atoms with Crippen LogP contribution in [0, 0.1) is 0 Å². The van der Waals surface area contributed by atoms with Crippen LogP contribution in [0.2, 0.25) is 0 Å². The number of nitrogens with one attached hydrogen (secondary N) is 1. The van der Waals surface area contributed by atoms with Gasteiger partial charge in [-0.05, 0) is 51.4 Å². The van der Waals surface area contributed by atoms with Crippen molar-refractivity contribution in [3.05, 3.63) is 36.5 Å². The molecule has 0 saturated heterocycles. The molecule has 0 aromatic rings. The number of nitrogens with zero attached hydrogens (tertiary/aromatic N) is 1. The van der Waals surface area contributed by atoms with Crippen LogP contribution in [0.15, 0.2) is 36.5 Å². The molecular weight excluding hydrogens is 760 g/mol. The van der Waals surface area contributed by atoms with Crippen molar-refractivity contribution in [2.75, 3.05) is 40.9 Å². The smallest absolute Gasteiger partial charge is 0.390 e. The lowest BCUT2D eigenvalue weighted by Crippen LogP contribution is -2.51. The molecule has 59 heavy (non-hydrogen) atoms. The summed E-state index contributed by atoms with van der Waals surface area (Å²) in [4.78, 5) is 23.2. The fourth-order valence-corrected chi connectivity index (χ4v) is 7.77. The first-order chi connectivity index (χ1) is 28.4. The SMILES string of the molecule is CCCCCCC/C=C\C/C=C\C/C=C\CCCCCCCCCCC(=O)NC(COP(=O)(O)OCC[N+](C)(C)C)C(O)C(O)CCCCCCCCCCCCCC. The third-order valence-corrected chi connectivity index (χ3v) is 12.0. The van der Waals surface area contributed by atoms with Gasteiger partial charge in [-0.3, -0.25) is 13.8 Å². The minimum absolute atomic E-state index is 0.0196. The van der Waals surface area contributed by atoms with Crippen LogP contribution in [0.3, 0.4) is 0 Å². The molecule has 0 saturated carbocycles. The molecule has 9 nitrogen and oxygen atoms in total. The summed E-state index contributed by atoms with van der Waals surface area (Å²) in [6.45, 7) is 4.59. The maximum absolute atomic E-state index is 12.9. The number of allylic oxidation sites excluding steroid dienone is 6. The second kappa shape index (κ2) is 40.7. The van der Waals surface area contributed by atoms with Crippen molar-refractivity contribution in [3.8, 4) is 0 Å². The normalized spacial score (nSPS) is 15.1. The van der Waals surface area contributed by atoms with E-state index >= 15 is 0 Å². The Bertz CT molecular complexity index is 1080. The van der Waals surface area contributed by atoms with E-state index in [1.807, 2.05) is 21.1 Å². The average molecular weight is 856 g/mol. The number of amides is 1. The van der Waals surface area contributed by atoms with E-state index in [9.17, 15) is 24.5 Å². The largest absolute Gasteiger partial charge is 0.472 e. The third kappa shape index (κ3) is 41.8. The number of rotatable bonds is 44. The summed E-state index contributed by atoms with van der Waals surface area (Å²) in [6.07, 6.45) is 46.3. The fraction of sp³-hybridized carbons (Fsp3) is 0.857. The first-order valence-corrected chi connectivity index (χ1v) is 25.9. The molecule has 4 N–H and O–H groups in total. The zero-order chi connectivity index (χ0) is 43.7. The molecule has 348 valence electrons. The molecule has 10 heteroatoms. The van der Waals surface area contributed by atoms with Crippen LogP contribution in [0.5, 0.6) is 0 Å². The summed E-state index contributed by atoms with van der Waals surface area (Å²) >= 11 is 0. The molecule has 0 radical (unpaired) electrons. The number of hydrogen-bond donors (Lipinski definition) is 4. The van der Waals surface area contributed by atoms with Gasteiger partial charge in [-0.2, -0.15) is 0 Å². The predicted molar refractivity (Wildman–Crippen MR) is 250 cm³/mol. The van der Waals surface area contributed by atoms with E-state index in [4.69, 9.17) is 9.05 Å². The highest BCUT2D eigenvalue weighted by Gasteiger charge is 2.31. The highest BCUT2D eigenvalue weighted by molar-refractivity contribution is 7.47. The fourth-order valence-electron chi connectivity index (χ4n) is 7.03. The van der Waals surface area contributed by atoms with Crippen molar-refractivity contribution in [1.29, 1.82) is 0 Å². The first-order valence-electron chi connectivity index (χ1n) is 24.4. The van der Waals surface area contributed by atoms with Gasteiger partial charge >= 0.3 is 7.82 Å². The van der Waals surface area contributed by atoms with Crippen molar-refractivity contribution in [2.24, 2.45) is 0 Å². The van der Waals surface area contributed by atoms with Crippen molar-refractivity contribution < 1.29 is 38.0 Å². The maximum atomic E-state index is 12.9. The van der Waals surface area contributed by atoms with Gasteiger partial charge in [0, 0.05) is 6.42 Å². The first kappa shape index (κ1) is 57.7. The summed E-state index contributed by atoms with van der Waals surface area (Å²) in [5.74, 6) is -0.266. The predicted octanol–water partition coefficient (Wildman–Crippen LogP) is 12.8. The molecule has 0 spiro atoms. The number of hydrogen-bond acceptors (Lipinski definition) is 6. The van der Waals surface area contributed by atoms with Crippen LogP contribution < -0.4 is 5.32 Å². The molecule has 0 aliphatic carbocycles. The van der Waals surface area contributed by atoms with E-state index in [2.05, 4.69) is 55.6 Å². The van der Waals surface area contributed by atoms with E-state index in [0.29, 0.717) is 17.4 Å². The van der Waals surface area contributed by atoms with E-state index in [-0.39, 0.29) is 18.9 Å². The van der Waals surface area contributed by atoms with Gasteiger partial charge in [0.1, 0.15) is 19.3 Å². The zero-order valence-electron chi connectivity index (χ0n) is 39.1. The maximum Gasteiger partial charge on any atom is 0.472 e. The van der Waals surface area contributed by atoms with E-state index in [1.165, 1.54) is 122 Å². The minimum atomic E-state index is -4.42. The minimum Gasteiger partial charge on any atom is -0.390 e. The summed E-state index contributed by atoms with van der Waals surface area (Å²) in [6, 6.07) is -1.04. The Morgan fingerprint density at radius 2 is 1.00 bits per heavy atom. The molecule has 0 heterocycles. The number of carbonyl (C=O) groups is 1. The van der Waals surface area contributed by atoms with Gasteiger partial charge in [0.2, 0.25) is 5.91 Å². The van der Waals surface area contributed by atoms with Gasteiger partial charge < -0.3 is 24.9 Å². The summed E-state index contributed by atoms with van der Waals surface area (Å²) in [7, 11) is 1.43. The molecule has 0 rings (SSSR count). The van der Waals surface area contributed by atoms with Crippen molar-refractivity contribution in [1.82, 2.24) is 5.32 Å². The van der Waals surface area contributed by atoms with Gasteiger partial charge in [-0.15, -0.1) is 0 Å². The number of aliphatic hydroxyl groups excluding tert-OH is 2. The van der Waals surface area contributed by atoms with Gasteiger partial charge in [0.25, 0.3) is 0 Å². The Kier molecular flexibility index (Phi) is 39.8. The third-order valence-electron chi connectivity index (χ3n) is 11.0. The topological polar surface area (TPSA) is 125 Å². The lowest BCUT2D eigenvalue weighted by atomic mass is 9.99. The van der Waals surface area contributed by atoms with Crippen LogP contribution >= 0.6 is 7.82 Å². The lowest BCUT2D eigenvalue weighted by molar-refractivity contribution is -0.870. The standard InChI is InChI=1S/C49H95N2O7P/c1-6-8-10-12-14-16-18-20-21-22-23-24-25-26-27-28-29-30-32-34-36-38-40-42-48(53)50-46(45-58-59(55,56)57-44-43-51(3,4)5)49(54)47(52)41-39-37-35-33-31-19-17-15-13-11-9-7-2/h18,20,22-23,25-26,46-47,49,52,54H,6-17,19,21,24,27-45H2,1-5H3,(H-,50,53,55,56)/p+1/b20-18-,23-22-,26-25-. The Morgan fingerprint density at radius 3 is 1.46 bits per heavy atom. The van der Waals surface area contributed by atoms with Crippen molar-refractivity contribution in [2.45, 2.75) is 231 Å². The molecular formula is C49H96N2O7P+. The molecule has 0 aromatic heterocycles. The summed E-state index contributed by atoms with van der Waals surface area (Å²) in [5, 5.41) is 24.7. The highest BCUT2D eigenvalue weighted by Crippen LogP contribution is 2.43. The summed E-state index contributed by atoms with van der Waals surface area (Å²) < 4.78 is 23.5. The van der Waals surface area contributed by atoms with Gasteiger partial charge in [-0.1, -0.05) is 192 Å². The molecule has 0 aliphatic rings. The Labute approximate surface area is 364 Å². The number of aliphatic hydroxyl groups is 2. The number of quaternary nitrogens is 1. The molecule has 1 amide bonds.